The number of aromatic nitrogens is 1. The first kappa shape index (κ1) is 65.7. The van der Waals surface area contributed by atoms with Crippen molar-refractivity contribution in [2.45, 2.75) is 207 Å². The third-order valence-corrected chi connectivity index (χ3v) is 25.0. The summed E-state index contributed by atoms with van der Waals surface area (Å²) in [5, 5.41) is 113. The highest BCUT2D eigenvalue weighted by molar-refractivity contribution is 5.92. The predicted octanol–water partition coefficient (Wildman–Crippen LogP) is 9.76. The number of methoxy groups -OCH3 is 1. The van der Waals surface area contributed by atoms with Gasteiger partial charge in [-0.05, 0) is 210 Å². The summed E-state index contributed by atoms with van der Waals surface area (Å²) in [4.78, 5) is 12.1. The van der Waals surface area contributed by atoms with Crippen molar-refractivity contribution in [2.24, 2.45) is 40.4 Å². The Bertz CT molecular complexity index is 3810. The third kappa shape index (κ3) is 11.4. The van der Waals surface area contributed by atoms with E-state index in [2.05, 4.69) is 73.3 Å². The van der Waals surface area contributed by atoms with Gasteiger partial charge in [0.25, 0.3) is 0 Å². The molecule has 0 amide bonds. The Balaban J connectivity index is 0.889. The van der Waals surface area contributed by atoms with Gasteiger partial charge in [-0.2, -0.15) is 5.26 Å². The lowest BCUT2D eigenvalue weighted by Crippen LogP contribution is -2.71. The number of benzene rings is 4. The quantitative estimate of drug-likeness (QED) is 0.0275. The van der Waals surface area contributed by atoms with Gasteiger partial charge in [0.1, 0.15) is 42.3 Å². The number of allylic oxidation sites excluding steroid dienone is 3. The lowest BCUT2D eigenvalue weighted by molar-refractivity contribution is -0.337. The van der Waals surface area contributed by atoms with E-state index in [9.17, 15) is 50.9 Å². The topological polar surface area (TPSA) is 266 Å². The number of rotatable bonds is 19. The molecule has 0 radical (unpaired) electrons. The lowest BCUT2D eigenvalue weighted by atomic mass is 9.50. The summed E-state index contributed by atoms with van der Waals surface area (Å²) in [6.07, 6.45) is 10.9. The van der Waals surface area contributed by atoms with E-state index < -0.39 is 77.5 Å². The molecule has 1 aromatic heterocycles. The highest BCUT2D eigenvalue weighted by Crippen LogP contribution is 2.75. The monoisotopic (exact) mass is 1300 g/mol. The van der Waals surface area contributed by atoms with Crippen LogP contribution in [0.3, 0.4) is 0 Å². The number of nitrogens with zero attached hydrogens (tertiary/aromatic N) is 2. The number of carboxylic acids is 1. The van der Waals surface area contributed by atoms with E-state index in [4.69, 9.17) is 23.7 Å². The fourth-order valence-electron chi connectivity index (χ4n) is 20.9. The zero-order chi connectivity index (χ0) is 66.1. The molecule has 5 aliphatic heterocycles. The Morgan fingerprint density at radius 1 is 0.968 bits per heavy atom. The van der Waals surface area contributed by atoms with Crippen molar-refractivity contribution in [3.8, 4) is 23.8 Å². The number of hydrogen-bond donors (Lipinski definition) is 9. The van der Waals surface area contributed by atoms with Crippen molar-refractivity contribution in [1.29, 1.82) is 5.26 Å². The van der Waals surface area contributed by atoms with Crippen LogP contribution in [-0.4, -0.2) is 138 Å². The molecule has 21 atom stereocenters. The first-order chi connectivity index (χ1) is 46.0. The normalized spacial score (nSPS) is 36.4. The number of aliphatic hydroxyl groups excluding tert-OH is 6. The number of nitriles is 1. The van der Waals surface area contributed by atoms with Crippen LogP contribution in [0.15, 0.2) is 116 Å². The van der Waals surface area contributed by atoms with Crippen molar-refractivity contribution < 1.29 is 69.3 Å². The molecule has 9 N–H and O–H groups in total. The maximum Gasteiger partial charge on any atom is 0.335 e. The summed E-state index contributed by atoms with van der Waals surface area (Å²) >= 11 is 0. The molecule has 1 saturated heterocycles. The number of nitrogens with one attached hydrogen (secondary N) is 1. The van der Waals surface area contributed by atoms with Gasteiger partial charge in [-0.25, -0.2) is 4.79 Å². The number of aliphatic hydroxyl groups is 7. The van der Waals surface area contributed by atoms with Crippen LogP contribution in [0.25, 0.3) is 10.8 Å². The fraction of sp³-hybridized carbons (Fsp3) is 0.564. The van der Waals surface area contributed by atoms with E-state index in [0.717, 1.165) is 65.3 Å². The van der Waals surface area contributed by atoms with Crippen LogP contribution in [0.5, 0.6) is 5.75 Å². The zero-order valence-electron chi connectivity index (χ0n) is 54.6. The molecular weight excluding hydrogens is 1200 g/mol. The second-order valence-corrected chi connectivity index (χ2v) is 29.7. The van der Waals surface area contributed by atoms with Gasteiger partial charge >= 0.3 is 5.97 Å². The summed E-state index contributed by atoms with van der Waals surface area (Å²) in [7, 11) is 1.62. The average Bonchev–Trinajstić information content (AvgIpc) is 1.12. The van der Waals surface area contributed by atoms with Crippen molar-refractivity contribution in [3.63, 3.8) is 0 Å². The SMILES string of the molecule is C=CCc1ccc(O[C@H]2O[C@H]3[C@@H](O)[C@H](O)[C@]24C[C@H]([C@H](O)CC#CO[C@H]3CCCO)[C@]2(C=C(CC[C@@H]3N[C@@H]5c6c(ccc7cccc(c67)C[C@H]5O)[C@H]3C)O4)CC[C@H]3[C@@](O)(C[C@@H]4[C@H](c5ccc(C(=O)O)cc5)CC[C@@H]5CCC[C@@]543)C2)cc1C[C@@H](COC)[C@@H](CO)n1ccc(C#N)c1. The summed E-state index contributed by atoms with van der Waals surface area (Å²) in [6, 6.07) is 26.7. The molecule has 5 aliphatic carbocycles. The van der Waals surface area contributed by atoms with Gasteiger partial charge in [0.2, 0.25) is 6.29 Å². The maximum atomic E-state index is 14.2. The van der Waals surface area contributed by atoms with Gasteiger partial charge in [0.05, 0.1) is 60.0 Å². The summed E-state index contributed by atoms with van der Waals surface area (Å²) in [5.41, 5.74) is 2.68. The number of ether oxygens (including phenoxy) is 5. The molecular formula is C78H93N3O14. The van der Waals surface area contributed by atoms with Crippen molar-refractivity contribution in [2.75, 3.05) is 26.9 Å². The van der Waals surface area contributed by atoms with E-state index in [1.54, 1.807) is 37.7 Å². The number of carbonyl (C=O) groups is 1. The van der Waals surface area contributed by atoms with Crippen LogP contribution in [0.4, 0.5) is 0 Å². The molecule has 5 aromatic rings. The standard InChI is InChI=1S/C78H93N3O14/c1-4-9-47-19-22-55(35-52(47)34-53(43-91-3)62(42-83)81-31-28-46(40-79)41-81)93-74-78-39-60(63(84)13-8-33-92-65(14-7-32-82)71(94-74)70(86)72(78)87)75(37-56(95-78)23-26-61-45(2)57-24-20-49-10-5-11-51-36-64(85)69(80-61)68(57)67(49)51)30-27-66-76(90,44-75)38-59-58(25-21-54-12-6-29-77(54,59)66)48-15-17-50(18-16-48)73(88)89/h4-5,10-11,15-20,22,24,28,31,35,37,41,45,53-54,58-66,69-72,74,80,82-87,90H,1,6-7,9,12-14,21,23,25-27,29-30,32,34,36,38-39,42-44H2,2-3H3,(H,88,89)/t45-,53+,54+,58+,59-,60-,61+,62-,63-,64-,65+,66+,69+,70-,71-,72+,74+,75+,76-,77-,78-/m1/s1. The molecule has 6 heterocycles. The van der Waals surface area contributed by atoms with E-state index in [1.807, 2.05) is 41.0 Å². The van der Waals surface area contributed by atoms with Crippen LogP contribution in [0, 0.1) is 63.8 Å². The molecule has 4 saturated carbocycles. The summed E-state index contributed by atoms with van der Waals surface area (Å²) in [5.74, 6) is 2.46. The molecule has 504 valence electrons. The molecule has 5 fully saturated rings. The van der Waals surface area contributed by atoms with Crippen LogP contribution >= 0.6 is 0 Å². The molecule has 17 heteroatoms. The van der Waals surface area contributed by atoms with E-state index in [0.29, 0.717) is 74.4 Å². The van der Waals surface area contributed by atoms with Gasteiger partial charge in [-0.1, -0.05) is 73.9 Å². The Hall–Kier alpha value is -6.58. The van der Waals surface area contributed by atoms with E-state index >= 15 is 0 Å². The molecule has 15 rings (SSSR count). The number of fused-ring (bicyclic) bond motifs is 7. The van der Waals surface area contributed by atoms with Crippen molar-refractivity contribution >= 4 is 16.7 Å². The number of carboxylic acid groups (broad SMARTS) is 1. The minimum absolute atomic E-state index is 0.0104. The third-order valence-electron chi connectivity index (χ3n) is 25.0. The van der Waals surface area contributed by atoms with Crippen LogP contribution in [0.1, 0.15) is 176 Å². The van der Waals surface area contributed by atoms with Gasteiger partial charge in [0, 0.05) is 63.8 Å². The largest absolute Gasteiger partial charge is 0.482 e. The smallest absolute Gasteiger partial charge is 0.335 e. The Labute approximate surface area is 556 Å². The molecule has 4 aromatic carbocycles. The van der Waals surface area contributed by atoms with E-state index in [1.165, 1.54) is 10.9 Å². The highest BCUT2D eigenvalue weighted by atomic mass is 16.7. The molecule has 3 spiro atoms. The van der Waals surface area contributed by atoms with Gasteiger partial charge in [-0.15, -0.1) is 6.58 Å². The molecule has 0 unspecified atom stereocenters. The Morgan fingerprint density at radius 3 is 2.58 bits per heavy atom. The zero-order valence-corrected chi connectivity index (χ0v) is 54.6. The van der Waals surface area contributed by atoms with Crippen molar-refractivity contribution in [3.05, 3.63) is 160 Å². The molecule has 3 bridgehead atoms. The van der Waals surface area contributed by atoms with Crippen molar-refractivity contribution in [1.82, 2.24) is 9.88 Å². The molecule has 95 heavy (non-hydrogen) atoms. The predicted molar refractivity (Wildman–Crippen MR) is 355 cm³/mol. The van der Waals surface area contributed by atoms with Gasteiger partial charge in [-0.3, -0.25) is 0 Å². The van der Waals surface area contributed by atoms with Gasteiger partial charge < -0.3 is 74.4 Å². The molecule has 17 nitrogen and oxygen atoms in total. The molecule has 10 aliphatic rings. The van der Waals surface area contributed by atoms with Crippen LogP contribution in [-0.2, 0) is 38.2 Å². The minimum Gasteiger partial charge on any atom is -0.482 e. The second-order valence-electron chi connectivity index (χ2n) is 29.7. The Morgan fingerprint density at radius 2 is 1.81 bits per heavy atom. The number of aromatic carboxylic acids is 1. The minimum atomic E-state index is -1.96. The first-order valence-electron chi connectivity index (χ1n) is 34.9. The summed E-state index contributed by atoms with van der Waals surface area (Å²) < 4.78 is 36.3. The van der Waals surface area contributed by atoms with Gasteiger partial charge in [0.15, 0.2) is 5.60 Å². The van der Waals surface area contributed by atoms with E-state index in [-0.39, 0.29) is 105 Å². The Kier molecular flexibility index (Phi) is 18.2. The number of hydrogen-bond acceptors (Lipinski definition) is 15. The average molecular weight is 1300 g/mol. The summed E-state index contributed by atoms with van der Waals surface area (Å²) in [6.45, 7) is 6.14. The lowest BCUT2D eigenvalue weighted by Gasteiger charge is -2.56. The fourth-order valence-corrected chi connectivity index (χ4v) is 20.9. The highest BCUT2D eigenvalue weighted by Gasteiger charge is 2.72. The second kappa shape index (κ2) is 26.3. The van der Waals surface area contributed by atoms with Crippen LogP contribution in [0.2, 0.25) is 0 Å². The first-order valence-corrected chi connectivity index (χ1v) is 34.9. The van der Waals surface area contributed by atoms with Crippen LogP contribution < -0.4 is 10.1 Å². The maximum absolute atomic E-state index is 14.2.